The molecule has 0 unspecified atom stereocenters. The zero-order chi connectivity index (χ0) is 12.8. The van der Waals surface area contributed by atoms with Gasteiger partial charge in [0.15, 0.2) is 0 Å². The van der Waals surface area contributed by atoms with Crippen molar-refractivity contribution in [1.29, 1.82) is 0 Å². The topological polar surface area (TPSA) is 21.6 Å². The van der Waals surface area contributed by atoms with Crippen LogP contribution in [0, 0.1) is 0 Å². The Labute approximate surface area is 112 Å². The van der Waals surface area contributed by atoms with Gasteiger partial charge < -0.3 is 4.74 Å². The monoisotopic (exact) mass is 255 g/mol. The van der Waals surface area contributed by atoms with E-state index >= 15 is 0 Å². The Morgan fingerprint density at radius 2 is 1.89 bits per heavy atom. The van der Waals surface area contributed by atoms with Gasteiger partial charge in [0.2, 0.25) is 0 Å². The van der Waals surface area contributed by atoms with Gasteiger partial charge in [-0.25, -0.2) is 0 Å². The van der Waals surface area contributed by atoms with Crippen molar-refractivity contribution in [1.82, 2.24) is 0 Å². The fraction of sp³-hybridized carbons (Fsp3) is 0.133. The lowest BCUT2D eigenvalue weighted by molar-refractivity contribution is 0.412. The summed E-state index contributed by atoms with van der Waals surface area (Å²) in [7, 11) is 1.65. The summed E-state index contributed by atoms with van der Waals surface area (Å²) in [6.45, 7) is 0. The van der Waals surface area contributed by atoms with Crippen molar-refractivity contribution in [3.8, 4) is 5.75 Å². The van der Waals surface area contributed by atoms with Gasteiger partial charge in [-0.2, -0.15) is 4.99 Å². The number of para-hydroxylation sites is 1. The average Bonchev–Trinajstić information content (AvgIpc) is 2.41. The number of aliphatic imine (C=N–C) groups is 1. The number of rotatable bonds is 4. The molecule has 2 rings (SSSR count). The van der Waals surface area contributed by atoms with Gasteiger partial charge in [-0.05, 0) is 23.8 Å². The van der Waals surface area contributed by atoms with Crippen LogP contribution < -0.4 is 4.74 Å². The summed E-state index contributed by atoms with van der Waals surface area (Å²) in [5.74, 6) is 0.763. The Bertz CT molecular complexity index is 574. The summed E-state index contributed by atoms with van der Waals surface area (Å²) >= 11 is 4.64. The molecule has 0 aliphatic carbocycles. The highest BCUT2D eigenvalue weighted by Crippen LogP contribution is 2.32. The molecule has 0 aliphatic heterocycles. The first-order valence-corrected chi connectivity index (χ1v) is 6.03. The fourth-order valence-electron chi connectivity index (χ4n) is 1.90. The minimum atomic E-state index is 0.723. The van der Waals surface area contributed by atoms with Crippen LogP contribution in [-0.2, 0) is 6.42 Å². The van der Waals surface area contributed by atoms with Crippen LogP contribution in [0.1, 0.15) is 11.1 Å². The van der Waals surface area contributed by atoms with E-state index in [1.54, 1.807) is 7.11 Å². The number of isothiocyanates is 1. The van der Waals surface area contributed by atoms with Crippen LogP contribution in [0.25, 0.3) is 0 Å². The molecule has 0 atom stereocenters. The molecular formula is C15H13NOS. The number of hydrogen-bond donors (Lipinski definition) is 0. The van der Waals surface area contributed by atoms with E-state index in [1.165, 1.54) is 5.56 Å². The van der Waals surface area contributed by atoms with Gasteiger partial charge in [0, 0.05) is 12.0 Å². The van der Waals surface area contributed by atoms with Crippen LogP contribution in [0.5, 0.6) is 5.75 Å². The first-order chi connectivity index (χ1) is 8.85. The summed E-state index contributed by atoms with van der Waals surface area (Å²) in [4.78, 5) is 4.02. The number of nitrogens with zero attached hydrogens (tertiary/aromatic N) is 1. The van der Waals surface area contributed by atoms with Crippen molar-refractivity contribution in [2.75, 3.05) is 7.11 Å². The van der Waals surface area contributed by atoms with E-state index in [0.29, 0.717) is 0 Å². The molecule has 0 spiro atoms. The molecule has 0 bridgehead atoms. The molecule has 0 N–H and O–H groups in total. The third kappa shape index (κ3) is 2.83. The minimum Gasteiger partial charge on any atom is -0.494 e. The molecular weight excluding hydrogens is 242 g/mol. The molecule has 0 fully saturated rings. The van der Waals surface area contributed by atoms with Crippen molar-refractivity contribution < 1.29 is 4.74 Å². The van der Waals surface area contributed by atoms with Crippen molar-refractivity contribution in [2.45, 2.75) is 6.42 Å². The number of thiocarbonyl (C=S) groups is 1. The molecule has 0 saturated carbocycles. The van der Waals surface area contributed by atoms with Gasteiger partial charge in [0.1, 0.15) is 11.4 Å². The lowest BCUT2D eigenvalue weighted by atomic mass is 10.0. The normalized spacial score (nSPS) is 9.61. The molecule has 3 heteroatoms. The Morgan fingerprint density at radius 3 is 2.56 bits per heavy atom. The van der Waals surface area contributed by atoms with Gasteiger partial charge in [-0.1, -0.05) is 42.5 Å². The summed E-state index contributed by atoms with van der Waals surface area (Å²) < 4.78 is 5.42. The van der Waals surface area contributed by atoms with Crippen molar-refractivity contribution in [2.24, 2.45) is 4.99 Å². The van der Waals surface area contributed by atoms with E-state index in [2.05, 4.69) is 34.5 Å². The Hall–Kier alpha value is -1.96. The number of hydrogen-bond acceptors (Lipinski definition) is 3. The van der Waals surface area contributed by atoms with Gasteiger partial charge in [0.05, 0.1) is 12.3 Å². The molecule has 0 aliphatic rings. The maximum absolute atomic E-state index is 5.42. The predicted molar refractivity (Wildman–Crippen MR) is 76.9 cm³/mol. The van der Waals surface area contributed by atoms with E-state index in [1.807, 2.05) is 36.4 Å². The maximum Gasteiger partial charge on any atom is 0.148 e. The Kier molecular flexibility index (Phi) is 4.24. The smallest absolute Gasteiger partial charge is 0.148 e. The van der Waals surface area contributed by atoms with Crippen LogP contribution >= 0.6 is 12.2 Å². The maximum atomic E-state index is 5.42. The van der Waals surface area contributed by atoms with E-state index in [-0.39, 0.29) is 0 Å². The number of benzene rings is 2. The predicted octanol–water partition coefficient (Wildman–Crippen LogP) is 4.02. The summed E-state index contributed by atoms with van der Waals surface area (Å²) in [5.41, 5.74) is 3.05. The van der Waals surface area contributed by atoms with Crippen molar-refractivity contribution >= 4 is 23.1 Å². The standard InChI is InChI=1S/C15H13NOS/c1-17-15-13(8-5-9-14(15)16-11-18)10-12-6-3-2-4-7-12/h2-9H,10H2,1H3. The van der Waals surface area contributed by atoms with E-state index in [9.17, 15) is 0 Å². The lowest BCUT2D eigenvalue weighted by Gasteiger charge is -2.10. The molecule has 0 saturated heterocycles. The van der Waals surface area contributed by atoms with Crippen LogP contribution in [0.4, 0.5) is 5.69 Å². The molecule has 90 valence electrons. The Balaban J connectivity index is 2.39. The largest absolute Gasteiger partial charge is 0.494 e. The van der Waals surface area contributed by atoms with Gasteiger partial charge in [-0.3, -0.25) is 0 Å². The zero-order valence-electron chi connectivity index (χ0n) is 10.1. The second kappa shape index (κ2) is 6.10. The highest BCUT2D eigenvalue weighted by Gasteiger charge is 2.08. The van der Waals surface area contributed by atoms with E-state index < -0.39 is 0 Å². The van der Waals surface area contributed by atoms with Gasteiger partial charge in [0.25, 0.3) is 0 Å². The zero-order valence-corrected chi connectivity index (χ0v) is 10.9. The second-order valence-corrected chi connectivity index (χ2v) is 4.02. The minimum absolute atomic E-state index is 0.723. The third-order valence-electron chi connectivity index (χ3n) is 2.68. The molecule has 0 aromatic heterocycles. The second-order valence-electron chi connectivity index (χ2n) is 3.83. The first-order valence-electron chi connectivity index (χ1n) is 5.63. The average molecular weight is 255 g/mol. The summed E-state index contributed by atoms with van der Waals surface area (Å²) in [6, 6.07) is 16.1. The van der Waals surface area contributed by atoms with E-state index in [0.717, 1.165) is 23.4 Å². The van der Waals surface area contributed by atoms with Crippen molar-refractivity contribution in [3.63, 3.8) is 0 Å². The van der Waals surface area contributed by atoms with Crippen LogP contribution in [0.15, 0.2) is 53.5 Å². The number of methoxy groups -OCH3 is 1. The van der Waals surface area contributed by atoms with Crippen molar-refractivity contribution in [3.05, 3.63) is 59.7 Å². The summed E-state index contributed by atoms with van der Waals surface area (Å²) in [6.07, 6.45) is 0.810. The van der Waals surface area contributed by atoms with Crippen LogP contribution in [0.3, 0.4) is 0 Å². The molecule has 0 amide bonds. The van der Waals surface area contributed by atoms with Crippen LogP contribution in [-0.4, -0.2) is 12.3 Å². The molecule has 0 heterocycles. The highest BCUT2D eigenvalue weighted by molar-refractivity contribution is 7.78. The highest BCUT2D eigenvalue weighted by atomic mass is 32.1. The van der Waals surface area contributed by atoms with Crippen LogP contribution in [0.2, 0.25) is 0 Å². The molecule has 2 nitrogen and oxygen atoms in total. The Morgan fingerprint density at radius 1 is 1.11 bits per heavy atom. The molecule has 18 heavy (non-hydrogen) atoms. The fourth-order valence-corrected chi connectivity index (χ4v) is 2.00. The molecule has 2 aromatic rings. The van der Waals surface area contributed by atoms with Gasteiger partial charge >= 0.3 is 0 Å². The quantitative estimate of drug-likeness (QED) is 0.608. The third-order valence-corrected chi connectivity index (χ3v) is 2.77. The lowest BCUT2D eigenvalue weighted by Crippen LogP contribution is -1.94. The molecule has 0 radical (unpaired) electrons. The SMILES string of the molecule is COc1c(Cc2ccccc2)cccc1N=C=S. The molecule has 2 aromatic carbocycles. The van der Waals surface area contributed by atoms with E-state index in [4.69, 9.17) is 4.74 Å². The van der Waals surface area contributed by atoms with Gasteiger partial charge in [-0.15, -0.1) is 0 Å². The first kappa shape index (κ1) is 12.5. The summed E-state index contributed by atoms with van der Waals surface area (Å²) in [5, 5.41) is 2.38. The number of ether oxygens (including phenoxy) is 1.